The zero-order chi connectivity index (χ0) is 25.4. The molecule has 3 amide bonds. The van der Waals surface area contributed by atoms with E-state index < -0.39 is 29.7 Å². The number of carbonyl (C=O) groups is 3. The highest BCUT2D eigenvalue weighted by Gasteiger charge is 2.39. The molecule has 186 valence electrons. The van der Waals surface area contributed by atoms with Gasteiger partial charge in [0.25, 0.3) is 0 Å². The van der Waals surface area contributed by atoms with Crippen molar-refractivity contribution in [3.63, 3.8) is 0 Å². The van der Waals surface area contributed by atoms with Crippen LogP contribution in [0.1, 0.15) is 35.6 Å². The maximum absolute atomic E-state index is 13.1. The van der Waals surface area contributed by atoms with Crippen molar-refractivity contribution in [1.29, 1.82) is 0 Å². The Bertz CT molecular complexity index is 1160. The number of likely N-dealkylation sites (tertiary alicyclic amines) is 1. The quantitative estimate of drug-likeness (QED) is 0.484. The lowest BCUT2D eigenvalue weighted by Gasteiger charge is -2.42. The van der Waals surface area contributed by atoms with Gasteiger partial charge in [0.2, 0.25) is 6.10 Å². The van der Waals surface area contributed by atoms with E-state index in [1.54, 1.807) is 24.3 Å². The second kappa shape index (κ2) is 11.4. The monoisotopic (exact) mass is 487 g/mol. The Balaban J connectivity index is 1.44. The van der Waals surface area contributed by atoms with Crippen molar-refractivity contribution in [1.82, 2.24) is 10.2 Å². The Kier molecular flexibility index (Phi) is 7.85. The molecule has 0 aliphatic carbocycles. The number of hydrogen-bond acceptors (Lipinski definition) is 5. The highest BCUT2D eigenvalue weighted by Crippen LogP contribution is 2.33. The Labute approximate surface area is 210 Å². The molecule has 8 heteroatoms. The minimum atomic E-state index is -1.20. The number of nitrogens with two attached hydrogens (primary N) is 1. The molecule has 3 N–H and O–H groups in total. The molecule has 0 spiro atoms. The fraction of sp³-hybridized carbons (Fsp3) is 0.250. The zero-order valence-electron chi connectivity index (χ0n) is 19.8. The lowest BCUT2D eigenvalue weighted by Crippen LogP contribution is -2.55. The summed E-state index contributed by atoms with van der Waals surface area (Å²) in [5.74, 6) is -0.649. The molecule has 1 heterocycles. The van der Waals surface area contributed by atoms with Crippen LogP contribution in [0, 0.1) is 0 Å². The molecule has 1 aliphatic heterocycles. The van der Waals surface area contributed by atoms with Crippen LogP contribution in [0.2, 0.25) is 0 Å². The smallest absolute Gasteiger partial charge is 0.410 e. The van der Waals surface area contributed by atoms with Gasteiger partial charge < -0.3 is 25.4 Å². The number of amides is 3. The van der Waals surface area contributed by atoms with E-state index in [0.29, 0.717) is 31.5 Å². The Morgan fingerprint density at radius 3 is 2.00 bits per heavy atom. The predicted octanol–water partition coefficient (Wildman–Crippen LogP) is 4.27. The average Bonchev–Trinajstić information content (AvgIpc) is 2.92. The Morgan fingerprint density at radius 2 is 1.42 bits per heavy atom. The highest BCUT2D eigenvalue weighted by atomic mass is 16.6. The average molecular weight is 488 g/mol. The largest absolute Gasteiger partial charge is 0.458 e. The van der Waals surface area contributed by atoms with Gasteiger partial charge in [0, 0.05) is 18.7 Å². The molecular formula is C28H29N3O5. The van der Waals surface area contributed by atoms with Crippen molar-refractivity contribution in [3.05, 3.63) is 108 Å². The number of piperidine rings is 1. The van der Waals surface area contributed by atoms with E-state index in [1.807, 2.05) is 66.7 Å². The molecule has 0 bridgehead atoms. The first kappa shape index (κ1) is 24.8. The SMILES string of the molecule is NC(=O)NC1(c2ccccc2)CCN(C(=O)OC(C(=O)OCc2ccccc2)c2ccccc2)CC1. The molecule has 0 aromatic heterocycles. The summed E-state index contributed by atoms with van der Waals surface area (Å²) < 4.78 is 11.2. The van der Waals surface area contributed by atoms with Crippen molar-refractivity contribution in [2.75, 3.05) is 13.1 Å². The zero-order valence-corrected chi connectivity index (χ0v) is 19.8. The number of esters is 1. The summed E-state index contributed by atoms with van der Waals surface area (Å²) in [6.45, 7) is 0.700. The lowest BCUT2D eigenvalue weighted by molar-refractivity contribution is -0.156. The van der Waals surface area contributed by atoms with Crippen molar-refractivity contribution >= 4 is 18.1 Å². The van der Waals surface area contributed by atoms with E-state index >= 15 is 0 Å². The fourth-order valence-corrected chi connectivity index (χ4v) is 4.41. The van der Waals surface area contributed by atoms with Gasteiger partial charge in [-0.15, -0.1) is 0 Å². The molecule has 3 aromatic carbocycles. The van der Waals surface area contributed by atoms with E-state index in [4.69, 9.17) is 15.2 Å². The maximum atomic E-state index is 13.1. The molecule has 1 fully saturated rings. The molecule has 3 aromatic rings. The third-order valence-corrected chi connectivity index (χ3v) is 6.32. The number of hydrogen-bond donors (Lipinski definition) is 2. The number of carbonyl (C=O) groups excluding carboxylic acids is 3. The van der Waals surface area contributed by atoms with Crippen molar-refractivity contribution < 1.29 is 23.9 Å². The van der Waals surface area contributed by atoms with Crippen molar-refractivity contribution in [2.45, 2.75) is 31.1 Å². The molecular weight excluding hydrogens is 458 g/mol. The minimum absolute atomic E-state index is 0.0721. The van der Waals surface area contributed by atoms with Gasteiger partial charge in [-0.25, -0.2) is 14.4 Å². The van der Waals surface area contributed by atoms with Gasteiger partial charge in [0.1, 0.15) is 6.61 Å². The normalized spacial score (nSPS) is 15.4. The van der Waals surface area contributed by atoms with Gasteiger partial charge in [0.05, 0.1) is 5.54 Å². The third kappa shape index (κ3) is 6.02. The minimum Gasteiger partial charge on any atom is -0.458 e. The topological polar surface area (TPSA) is 111 Å². The number of urea groups is 1. The number of benzene rings is 3. The molecule has 4 rings (SSSR count). The van der Waals surface area contributed by atoms with Gasteiger partial charge in [-0.05, 0) is 24.0 Å². The maximum Gasteiger partial charge on any atom is 0.410 e. The summed E-state index contributed by atoms with van der Waals surface area (Å²) in [6.07, 6.45) is -0.930. The summed E-state index contributed by atoms with van der Waals surface area (Å²) >= 11 is 0. The number of nitrogens with one attached hydrogen (secondary N) is 1. The van der Waals surface area contributed by atoms with E-state index in [-0.39, 0.29) is 6.61 Å². The summed E-state index contributed by atoms with van der Waals surface area (Å²) in [5.41, 5.74) is 7.06. The third-order valence-electron chi connectivity index (χ3n) is 6.32. The standard InChI is InChI=1S/C28H29N3O5/c29-26(33)30-28(23-14-8-3-9-15-23)16-18-31(19-17-28)27(34)36-24(22-12-6-2-7-13-22)25(32)35-20-21-10-4-1-5-11-21/h1-15,24H,16-20H2,(H3,29,30,33). The molecule has 8 nitrogen and oxygen atoms in total. The molecule has 1 saturated heterocycles. The van der Waals surface area contributed by atoms with Crippen LogP contribution in [0.4, 0.5) is 9.59 Å². The van der Waals surface area contributed by atoms with Crippen LogP contribution in [-0.2, 0) is 26.4 Å². The number of ether oxygens (including phenoxy) is 2. The summed E-state index contributed by atoms with van der Waals surface area (Å²) in [4.78, 5) is 39.4. The van der Waals surface area contributed by atoms with Gasteiger partial charge >= 0.3 is 18.1 Å². The van der Waals surface area contributed by atoms with Crippen molar-refractivity contribution in [2.24, 2.45) is 5.73 Å². The number of rotatable bonds is 7. The Morgan fingerprint density at radius 1 is 0.861 bits per heavy atom. The summed E-state index contributed by atoms with van der Waals surface area (Å²) in [7, 11) is 0. The van der Waals surface area contributed by atoms with Gasteiger partial charge in [0.15, 0.2) is 0 Å². The summed E-state index contributed by atoms with van der Waals surface area (Å²) in [6, 6.07) is 27.0. The molecule has 0 saturated carbocycles. The van der Waals surface area contributed by atoms with E-state index in [9.17, 15) is 14.4 Å². The molecule has 0 radical (unpaired) electrons. The van der Waals surface area contributed by atoms with Gasteiger partial charge in [-0.1, -0.05) is 91.0 Å². The number of nitrogens with zero attached hydrogens (tertiary/aromatic N) is 1. The van der Waals surface area contributed by atoms with Crippen LogP contribution < -0.4 is 11.1 Å². The predicted molar refractivity (Wildman–Crippen MR) is 134 cm³/mol. The summed E-state index contributed by atoms with van der Waals surface area (Å²) in [5, 5.41) is 2.87. The Hall–Kier alpha value is -4.33. The van der Waals surface area contributed by atoms with Crippen molar-refractivity contribution in [3.8, 4) is 0 Å². The van der Waals surface area contributed by atoms with Gasteiger partial charge in [-0.2, -0.15) is 0 Å². The molecule has 1 aliphatic rings. The van der Waals surface area contributed by atoms with Crippen LogP contribution in [-0.4, -0.2) is 36.1 Å². The fourth-order valence-electron chi connectivity index (χ4n) is 4.41. The van der Waals surface area contributed by atoms with Crippen LogP contribution in [0.25, 0.3) is 0 Å². The number of primary amides is 1. The van der Waals surface area contributed by atoms with Gasteiger partial charge in [-0.3, -0.25) is 0 Å². The second-order valence-electron chi connectivity index (χ2n) is 8.69. The highest BCUT2D eigenvalue weighted by molar-refractivity contribution is 5.80. The molecule has 36 heavy (non-hydrogen) atoms. The van der Waals surface area contributed by atoms with Crippen LogP contribution in [0.15, 0.2) is 91.0 Å². The first-order chi connectivity index (χ1) is 17.5. The van der Waals surface area contributed by atoms with Crippen LogP contribution >= 0.6 is 0 Å². The second-order valence-corrected chi connectivity index (χ2v) is 8.69. The molecule has 1 unspecified atom stereocenters. The van der Waals surface area contributed by atoms with E-state index in [2.05, 4.69) is 5.32 Å². The van der Waals surface area contributed by atoms with Crippen LogP contribution in [0.5, 0.6) is 0 Å². The lowest BCUT2D eigenvalue weighted by atomic mass is 9.81. The van der Waals surface area contributed by atoms with Crippen LogP contribution in [0.3, 0.4) is 0 Å². The van der Waals surface area contributed by atoms with E-state index in [1.165, 1.54) is 4.90 Å². The van der Waals surface area contributed by atoms with E-state index in [0.717, 1.165) is 11.1 Å². The first-order valence-corrected chi connectivity index (χ1v) is 11.8. The molecule has 1 atom stereocenters. The first-order valence-electron chi connectivity index (χ1n) is 11.8.